The van der Waals surface area contributed by atoms with Gasteiger partial charge in [0, 0.05) is 23.6 Å². The van der Waals surface area contributed by atoms with Crippen molar-refractivity contribution in [3.63, 3.8) is 0 Å². The van der Waals surface area contributed by atoms with E-state index in [1.165, 1.54) is 23.5 Å². The summed E-state index contributed by atoms with van der Waals surface area (Å²) in [6.07, 6.45) is 7.13. The van der Waals surface area contributed by atoms with Gasteiger partial charge in [0.15, 0.2) is 0 Å². The van der Waals surface area contributed by atoms with Crippen molar-refractivity contribution in [3.8, 4) is 22.3 Å². The summed E-state index contributed by atoms with van der Waals surface area (Å²) in [5.41, 5.74) is 4.11. The van der Waals surface area contributed by atoms with E-state index in [1.807, 2.05) is 85.3 Å². The molecular formula is C24H24N4O2S4. The molecule has 10 heteroatoms. The molecule has 0 radical (unpaired) electrons. The van der Waals surface area contributed by atoms with Gasteiger partial charge in [-0.15, -0.1) is 43.9 Å². The highest BCUT2D eigenvalue weighted by Crippen LogP contribution is 2.29. The topological polar surface area (TPSA) is 85.7 Å². The van der Waals surface area contributed by atoms with Crippen molar-refractivity contribution in [2.75, 3.05) is 25.0 Å². The summed E-state index contributed by atoms with van der Waals surface area (Å²) < 4.78 is 22.9. The lowest BCUT2D eigenvalue weighted by atomic mass is 10.1. The number of rotatable bonds is 6. The van der Waals surface area contributed by atoms with Crippen LogP contribution < -0.4 is 0 Å². The van der Waals surface area contributed by atoms with Gasteiger partial charge in [0.2, 0.25) is 0 Å². The van der Waals surface area contributed by atoms with Crippen LogP contribution in [0.4, 0.5) is 0 Å². The first-order chi connectivity index (χ1) is 16.4. The van der Waals surface area contributed by atoms with Gasteiger partial charge in [0.1, 0.15) is 20.1 Å². The Morgan fingerprint density at radius 3 is 1.24 bits per heavy atom. The number of aromatic nitrogens is 4. The van der Waals surface area contributed by atoms with Gasteiger partial charge in [-0.2, -0.15) is 0 Å². The SMILES string of the molecule is CSc1nnc([S@@](C)=O)cc1-c1ccccc1.CSc1nnc([S@](C)=O)cc1-c1ccccc1. The van der Waals surface area contributed by atoms with Crippen LogP contribution >= 0.6 is 23.5 Å². The smallest absolute Gasteiger partial charge is 0.150 e. The van der Waals surface area contributed by atoms with Crippen molar-refractivity contribution in [2.24, 2.45) is 0 Å². The summed E-state index contributed by atoms with van der Waals surface area (Å²) in [5, 5.41) is 18.9. The highest BCUT2D eigenvalue weighted by atomic mass is 32.2. The maximum absolute atomic E-state index is 11.4. The molecule has 0 saturated heterocycles. The Hall–Kier alpha value is -2.40. The van der Waals surface area contributed by atoms with Crippen molar-refractivity contribution in [1.82, 2.24) is 20.4 Å². The second-order valence-electron chi connectivity index (χ2n) is 6.85. The molecule has 4 aromatic rings. The zero-order valence-corrected chi connectivity index (χ0v) is 22.4. The lowest BCUT2D eigenvalue weighted by molar-refractivity contribution is 0.679. The Kier molecular flexibility index (Phi) is 9.94. The van der Waals surface area contributed by atoms with Gasteiger partial charge in [-0.05, 0) is 35.8 Å². The minimum Gasteiger partial charge on any atom is -0.253 e. The van der Waals surface area contributed by atoms with Crippen LogP contribution in [0.3, 0.4) is 0 Å². The lowest BCUT2D eigenvalue weighted by Crippen LogP contribution is -1.98. The van der Waals surface area contributed by atoms with Gasteiger partial charge in [0.05, 0.1) is 21.6 Å². The van der Waals surface area contributed by atoms with E-state index in [0.717, 1.165) is 32.3 Å². The van der Waals surface area contributed by atoms with Crippen LogP contribution in [0.15, 0.2) is 92.9 Å². The van der Waals surface area contributed by atoms with Crippen molar-refractivity contribution in [2.45, 2.75) is 20.1 Å². The molecule has 0 unspecified atom stereocenters. The van der Waals surface area contributed by atoms with Crippen LogP contribution in [0.1, 0.15) is 0 Å². The van der Waals surface area contributed by atoms with E-state index in [9.17, 15) is 8.42 Å². The zero-order chi connectivity index (χ0) is 24.5. The third-order valence-corrected chi connectivity index (χ3v) is 7.57. The molecule has 0 saturated carbocycles. The molecule has 2 heterocycles. The van der Waals surface area contributed by atoms with Crippen LogP contribution in [0.25, 0.3) is 22.3 Å². The van der Waals surface area contributed by atoms with Gasteiger partial charge in [0.25, 0.3) is 0 Å². The van der Waals surface area contributed by atoms with Crippen LogP contribution in [-0.4, -0.2) is 53.8 Å². The Balaban J connectivity index is 0.000000191. The highest BCUT2D eigenvalue weighted by molar-refractivity contribution is 7.98. The highest BCUT2D eigenvalue weighted by Gasteiger charge is 2.11. The summed E-state index contributed by atoms with van der Waals surface area (Å²) in [4.78, 5) is 0. The second-order valence-corrected chi connectivity index (χ2v) is 11.1. The molecule has 0 aliphatic rings. The molecule has 0 bridgehead atoms. The normalized spacial score (nSPS) is 12.4. The molecule has 0 N–H and O–H groups in total. The summed E-state index contributed by atoms with van der Waals surface area (Å²) in [7, 11) is -2.21. The Bertz CT molecular complexity index is 1190. The number of thioether (sulfide) groups is 2. The van der Waals surface area contributed by atoms with Gasteiger partial charge in [-0.3, -0.25) is 8.42 Å². The molecule has 0 amide bonds. The van der Waals surface area contributed by atoms with Crippen molar-refractivity contribution >= 4 is 45.1 Å². The van der Waals surface area contributed by atoms with Crippen molar-refractivity contribution < 1.29 is 8.42 Å². The maximum atomic E-state index is 11.4. The Morgan fingerprint density at radius 1 is 0.588 bits per heavy atom. The summed E-state index contributed by atoms with van der Waals surface area (Å²) in [6.45, 7) is 0. The molecule has 2 aromatic heterocycles. The van der Waals surface area contributed by atoms with Crippen LogP contribution in [-0.2, 0) is 21.6 Å². The maximum Gasteiger partial charge on any atom is 0.150 e. The van der Waals surface area contributed by atoms with Crippen LogP contribution in [0, 0.1) is 0 Å². The first-order valence-corrected chi connectivity index (χ1v) is 15.6. The van der Waals surface area contributed by atoms with Gasteiger partial charge in [-0.1, -0.05) is 60.7 Å². The fourth-order valence-corrected chi connectivity index (χ4v) is 4.87. The van der Waals surface area contributed by atoms with Crippen LogP contribution in [0.5, 0.6) is 0 Å². The number of nitrogens with zero attached hydrogens (tertiary/aromatic N) is 4. The van der Waals surface area contributed by atoms with Gasteiger partial charge < -0.3 is 0 Å². The van der Waals surface area contributed by atoms with E-state index in [1.54, 1.807) is 12.5 Å². The molecule has 0 aliphatic heterocycles. The fourth-order valence-electron chi connectivity index (χ4n) is 2.96. The molecule has 2 aromatic carbocycles. The first kappa shape index (κ1) is 26.2. The van der Waals surface area contributed by atoms with E-state index in [0.29, 0.717) is 10.1 Å². The number of benzene rings is 2. The number of hydrogen-bond donors (Lipinski definition) is 0. The van der Waals surface area contributed by atoms with E-state index < -0.39 is 21.6 Å². The summed E-state index contributed by atoms with van der Waals surface area (Å²) >= 11 is 3.08. The summed E-state index contributed by atoms with van der Waals surface area (Å²) in [5.74, 6) is 0. The Morgan fingerprint density at radius 2 is 0.941 bits per heavy atom. The minimum absolute atomic E-state index is 0.515. The molecule has 2 atom stereocenters. The van der Waals surface area contributed by atoms with Crippen LogP contribution in [0.2, 0.25) is 0 Å². The van der Waals surface area contributed by atoms with E-state index in [4.69, 9.17) is 0 Å². The van der Waals surface area contributed by atoms with E-state index in [-0.39, 0.29) is 0 Å². The molecule has 0 spiro atoms. The molecule has 34 heavy (non-hydrogen) atoms. The van der Waals surface area contributed by atoms with Crippen molar-refractivity contribution in [1.29, 1.82) is 0 Å². The molecule has 176 valence electrons. The third kappa shape index (κ3) is 6.82. The molecule has 0 fully saturated rings. The number of hydrogen-bond acceptors (Lipinski definition) is 8. The quantitative estimate of drug-likeness (QED) is 0.316. The minimum atomic E-state index is -1.11. The molecule has 0 aliphatic carbocycles. The summed E-state index contributed by atoms with van der Waals surface area (Å²) in [6, 6.07) is 23.6. The fraction of sp³-hybridized carbons (Fsp3) is 0.167. The standard InChI is InChI=1S/2C12H12N2OS2/c2*1-16-12-10(9-6-4-3-5-7-9)8-11(13-14-12)17(2)15/h2*3-8H,1-2H3/t2*17-/m10/s1. The monoisotopic (exact) mass is 528 g/mol. The zero-order valence-electron chi connectivity index (χ0n) is 19.2. The predicted octanol–water partition coefficient (Wildman–Crippen LogP) is 5.21. The van der Waals surface area contributed by atoms with E-state index in [2.05, 4.69) is 20.4 Å². The van der Waals surface area contributed by atoms with Crippen molar-refractivity contribution in [3.05, 3.63) is 72.8 Å². The average Bonchev–Trinajstić information content (AvgIpc) is 2.89. The van der Waals surface area contributed by atoms with Gasteiger partial charge in [-0.25, -0.2) is 0 Å². The molecule has 6 nitrogen and oxygen atoms in total. The van der Waals surface area contributed by atoms with E-state index >= 15 is 0 Å². The lowest BCUT2D eigenvalue weighted by Gasteiger charge is -2.06. The third-order valence-electron chi connectivity index (χ3n) is 4.62. The predicted molar refractivity (Wildman–Crippen MR) is 143 cm³/mol. The second kappa shape index (κ2) is 12.9. The molecular weight excluding hydrogens is 505 g/mol. The van der Waals surface area contributed by atoms with Gasteiger partial charge >= 0.3 is 0 Å². The first-order valence-electron chi connectivity index (χ1n) is 10.1. The molecule has 4 rings (SSSR count). The largest absolute Gasteiger partial charge is 0.253 e. The Labute approximate surface area is 213 Å². The average molecular weight is 529 g/mol.